The van der Waals surface area contributed by atoms with E-state index < -0.39 is 0 Å². The largest absolute Gasteiger partial charge is 0.307 e. The summed E-state index contributed by atoms with van der Waals surface area (Å²) in [6, 6.07) is 52.5. The number of rotatable bonds is 4. The third-order valence-electron chi connectivity index (χ3n) is 12.5. The molecule has 0 fully saturated rings. The summed E-state index contributed by atoms with van der Waals surface area (Å²) in [6.07, 6.45) is 5.38. The van der Waals surface area contributed by atoms with Gasteiger partial charge in [0.2, 0.25) is 5.69 Å². The molecule has 0 atom stereocenters. The van der Waals surface area contributed by atoms with Crippen molar-refractivity contribution in [2.24, 2.45) is 0 Å². The summed E-state index contributed by atoms with van der Waals surface area (Å²) in [5, 5.41) is 23.5. The smallest absolute Gasteiger partial charge is 0.220 e. The minimum atomic E-state index is 0.377. The third kappa shape index (κ3) is 4.02. The van der Waals surface area contributed by atoms with Crippen LogP contribution in [-0.4, -0.2) is 24.1 Å². The summed E-state index contributed by atoms with van der Waals surface area (Å²) in [5.41, 5.74) is 9.58. The molecule has 0 radical (unpaired) electrons. The van der Waals surface area contributed by atoms with Crippen LogP contribution >= 0.6 is 0 Å². The fraction of sp³-hybridized carbons (Fsp3) is 0. The summed E-state index contributed by atoms with van der Waals surface area (Å²) < 4.78 is 4.46. The quantitative estimate of drug-likeness (QED) is 0.132. The number of benzene rings is 9. The molecule has 0 N–H and O–H groups in total. The van der Waals surface area contributed by atoms with Crippen molar-refractivity contribution in [1.82, 2.24) is 24.1 Å². The van der Waals surface area contributed by atoms with Gasteiger partial charge in [-0.1, -0.05) is 121 Å². The zero-order chi connectivity index (χ0) is 39.6. The van der Waals surface area contributed by atoms with Gasteiger partial charge in [0.05, 0.1) is 45.6 Å². The van der Waals surface area contributed by atoms with Crippen LogP contribution in [0.2, 0.25) is 0 Å². The Morgan fingerprint density at radius 1 is 0.500 bits per heavy atom. The number of pyridine rings is 1. The molecule has 0 aliphatic carbocycles. The Labute approximate surface area is 341 Å². The van der Waals surface area contributed by atoms with Crippen molar-refractivity contribution in [3.8, 4) is 39.7 Å². The molecule has 4 heterocycles. The first-order valence-corrected chi connectivity index (χ1v) is 19.8. The Morgan fingerprint density at radius 2 is 1.05 bits per heavy atom. The Balaban J connectivity index is 1.33. The lowest BCUT2D eigenvalue weighted by molar-refractivity contribution is 1.12. The van der Waals surface area contributed by atoms with Gasteiger partial charge < -0.3 is 9.13 Å². The summed E-state index contributed by atoms with van der Waals surface area (Å²) in [4.78, 5) is 18.9. The predicted octanol–water partition coefficient (Wildman–Crippen LogP) is 13.3. The summed E-state index contributed by atoms with van der Waals surface area (Å²) in [7, 11) is 0. The Hall–Kier alpha value is -8.65. The molecule has 7 heteroatoms. The zero-order valence-corrected chi connectivity index (χ0v) is 31.7. The van der Waals surface area contributed by atoms with E-state index in [0.717, 1.165) is 104 Å². The lowest BCUT2D eigenvalue weighted by atomic mass is 9.88. The molecule has 0 saturated carbocycles. The highest BCUT2D eigenvalue weighted by atomic mass is 15.1. The van der Waals surface area contributed by atoms with E-state index in [9.17, 15) is 5.26 Å². The molecule has 0 saturated heterocycles. The molecule has 60 heavy (non-hydrogen) atoms. The summed E-state index contributed by atoms with van der Waals surface area (Å²) >= 11 is 0. The molecule has 0 aliphatic heterocycles. The summed E-state index contributed by atoms with van der Waals surface area (Å²) in [6.45, 7) is 9.14. The second kappa shape index (κ2) is 11.9. The van der Waals surface area contributed by atoms with Crippen LogP contribution in [0.15, 0.2) is 164 Å². The molecule has 13 aromatic rings. The average Bonchev–Trinajstić information content (AvgIpc) is 3.84. The number of fused-ring (bicyclic) bond motifs is 6. The van der Waals surface area contributed by atoms with Crippen LogP contribution in [0.1, 0.15) is 5.56 Å². The molecule has 274 valence electrons. The van der Waals surface area contributed by atoms with Gasteiger partial charge in [0, 0.05) is 55.8 Å². The molecule has 0 aliphatic rings. The van der Waals surface area contributed by atoms with E-state index in [2.05, 4.69) is 122 Å². The lowest BCUT2D eigenvalue weighted by Crippen LogP contribution is -2.09. The van der Waals surface area contributed by atoms with Gasteiger partial charge in [-0.25, -0.2) is 19.8 Å². The molecule has 0 bridgehead atoms. The minimum absolute atomic E-state index is 0.377. The van der Waals surface area contributed by atoms with E-state index >= 15 is 0 Å². The number of hydrogen-bond donors (Lipinski definition) is 0. The zero-order valence-electron chi connectivity index (χ0n) is 31.7. The highest BCUT2D eigenvalue weighted by molar-refractivity contribution is 6.35. The highest BCUT2D eigenvalue weighted by Gasteiger charge is 2.33. The molecule has 9 aromatic carbocycles. The maximum absolute atomic E-state index is 11.7. The molecular weight excluding hydrogens is 735 g/mol. The first kappa shape index (κ1) is 32.4. The maximum Gasteiger partial charge on any atom is 0.220 e. The second-order valence-electron chi connectivity index (χ2n) is 15.3. The number of nitriles is 1. The van der Waals surface area contributed by atoms with Gasteiger partial charge in [-0.05, 0) is 62.3 Å². The molecule has 7 nitrogen and oxygen atoms in total. The lowest BCUT2D eigenvalue weighted by Gasteiger charge is -2.25. The van der Waals surface area contributed by atoms with Crippen molar-refractivity contribution in [2.75, 3.05) is 0 Å². The van der Waals surface area contributed by atoms with Gasteiger partial charge in [-0.2, -0.15) is 5.26 Å². The van der Waals surface area contributed by atoms with Crippen LogP contribution < -0.4 is 0 Å². The SMILES string of the molecule is [C-]#[N+]c1c(-c2ccccc2)c(C#N)c(-n2c3cccc4c5cncnc5c5cccc2c5c43)c(-c2ccccc2)c1-n1c2cccc3c4ccccc4c4ccnc1c4c32. The molecule has 4 aromatic heterocycles. The first-order chi connectivity index (χ1) is 29.8. The van der Waals surface area contributed by atoms with E-state index in [-0.39, 0.29) is 0 Å². The van der Waals surface area contributed by atoms with Gasteiger partial charge >= 0.3 is 0 Å². The highest BCUT2D eigenvalue weighted by Crippen LogP contribution is 2.54. The van der Waals surface area contributed by atoms with Gasteiger partial charge in [-0.15, -0.1) is 0 Å². The van der Waals surface area contributed by atoms with Crippen molar-refractivity contribution in [1.29, 1.82) is 5.26 Å². The van der Waals surface area contributed by atoms with Crippen LogP contribution in [0.3, 0.4) is 0 Å². The van der Waals surface area contributed by atoms with Crippen molar-refractivity contribution < 1.29 is 0 Å². The molecular formula is C53H27N7. The molecule has 0 spiro atoms. The Morgan fingerprint density at radius 3 is 1.72 bits per heavy atom. The number of hydrogen-bond acceptors (Lipinski definition) is 4. The standard InChI is InChI=1S/C53H27N7/c1-55-50-43(30-13-4-2-5-14-30)38(27-54)51(59-40-22-11-20-35-39-28-56-29-58-49(39)37-21-12-23-41(59)47(37)45(35)40)44(31-15-6-3-7-16-31)52(50)60-42-24-10-19-34-32-17-8-9-18-33(32)36-25-26-57-53(60)48(36)46(34)42/h2-26,28-29H. The number of aromatic nitrogens is 5. The van der Waals surface area contributed by atoms with Crippen LogP contribution in [0.25, 0.3) is 125 Å². The van der Waals surface area contributed by atoms with Gasteiger partial charge in [0.25, 0.3) is 0 Å². The van der Waals surface area contributed by atoms with Gasteiger partial charge in [0.15, 0.2) is 0 Å². The molecule has 13 rings (SSSR count). The molecule has 0 unspecified atom stereocenters. The van der Waals surface area contributed by atoms with Crippen molar-refractivity contribution in [3.05, 3.63) is 181 Å². The predicted molar refractivity (Wildman–Crippen MR) is 243 cm³/mol. The maximum atomic E-state index is 11.7. The van der Waals surface area contributed by atoms with Gasteiger partial charge in [0.1, 0.15) is 18.0 Å². The fourth-order valence-corrected chi connectivity index (χ4v) is 10.2. The number of nitrogens with zero attached hydrogens (tertiary/aromatic N) is 7. The fourth-order valence-electron chi connectivity index (χ4n) is 10.2. The topological polar surface area (TPSA) is 76.7 Å². The van der Waals surface area contributed by atoms with Crippen LogP contribution in [0, 0.1) is 17.9 Å². The van der Waals surface area contributed by atoms with E-state index in [1.165, 1.54) is 0 Å². The summed E-state index contributed by atoms with van der Waals surface area (Å²) in [5.74, 6) is 0. The Kier molecular flexibility index (Phi) is 6.45. The van der Waals surface area contributed by atoms with Crippen LogP contribution in [-0.2, 0) is 0 Å². The van der Waals surface area contributed by atoms with Crippen molar-refractivity contribution >= 4 is 92.6 Å². The van der Waals surface area contributed by atoms with E-state index in [1.807, 2.05) is 60.9 Å². The second-order valence-corrected chi connectivity index (χ2v) is 15.3. The Bertz CT molecular complexity index is 3620. The average molecular weight is 762 g/mol. The van der Waals surface area contributed by atoms with Crippen LogP contribution in [0.5, 0.6) is 0 Å². The van der Waals surface area contributed by atoms with Crippen molar-refractivity contribution in [3.63, 3.8) is 0 Å². The third-order valence-corrected chi connectivity index (χ3v) is 12.5. The first-order valence-electron chi connectivity index (χ1n) is 19.8. The van der Waals surface area contributed by atoms with E-state index in [4.69, 9.17) is 16.5 Å². The van der Waals surface area contributed by atoms with Crippen LogP contribution in [0.4, 0.5) is 5.69 Å². The molecule has 0 amide bonds. The minimum Gasteiger partial charge on any atom is -0.307 e. The van der Waals surface area contributed by atoms with Gasteiger partial charge in [-0.3, -0.25) is 0 Å². The normalized spacial score (nSPS) is 12.0. The van der Waals surface area contributed by atoms with E-state index in [1.54, 1.807) is 6.33 Å². The van der Waals surface area contributed by atoms with Crippen molar-refractivity contribution in [2.45, 2.75) is 0 Å². The monoisotopic (exact) mass is 761 g/mol. The van der Waals surface area contributed by atoms with E-state index in [0.29, 0.717) is 28.2 Å².